The zero-order valence-corrected chi connectivity index (χ0v) is 13.3. The minimum atomic E-state index is 0.673. The summed E-state index contributed by atoms with van der Waals surface area (Å²) in [5.41, 5.74) is 1.16. The maximum atomic E-state index is 4.49. The van der Waals surface area contributed by atoms with Gasteiger partial charge >= 0.3 is 0 Å². The Hall–Kier alpha value is -0.450. The normalized spacial score (nSPS) is 19.2. The van der Waals surface area contributed by atoms with Crippen LogP contribution in [0.1, 0.15) is 38.3 Å². The van der Waals surface area contributed by atoms with Crippen molar-refractivity contribution in [3.63, 3.8) is 0 Å². The summed E-state index contributed by atoms with van der Waals surface area (Å²) in [4.78, 5) is 7.04. The van der Waals surface area contributed by atoms with Gasteiger partial charge in [-0.15, -0.1) is 0 Å². The highest BCUT2D eigenvalue weighted by Gasteiger charge is 2.17. The first-order valence-electron chi connectivity index (χ1n) is 7.34. The van der Waals surface area contributed by atoms with Gasteiger partial charge in [-0.3, -0.25) is 9.88 Å². The van der Waals surface area contributed by atoms with Crippen LogP contribution in [0.3, 0.4) is 0 Å². The van der Waals surface area contributed by atoms with E-state index in [9.17, 15) is 0 Å². The smallest absolute Gasteiger partial charge is 0.0544 e. The van der Waals surface area contributed by atoms with E-state index in [1.807, 2.05) is 6.20 Å². The number of hydrogen-bond acceptors (Lipinski definition) is 3. The molecule has 2 rings (SSSR count). The van der Waals surface area contributed by atoms with Gasteiger partial charge < -0.3 is 5.32 Å². The van der Waals surface area contributed by atoms with Gasteiger partial charge in [-0.2, -0.15) is 0 Å². The third-order valence-corrected chi connectivity index (χ3v) is 4.11. The van der Waals surface area contributed by atoms with Crippen molar-refractivity contribution >= 4 is 15.9 Å². The molecule has 1 N–H and O–H groups in total. The molecule has 0 bridgehead atoms. The van der Waals surface area contributed by atoms with E-state index in [0.717, 1.165) is 23.3 Å². The van der Waals surface area contributed by atoms with Crippen LogP contribution in [0.4, 0.5) is 0 Å². The van der Waals surface area contributed by atoms with Gasteiger partial charge in [0.15, 0.2) is 0 Å². The highest BCUT2D eigenvalue weighted by atomic mass is 79.9. The number of nitrogens with one attached hydrogen (secondary N) is 1. The maximum Gasteiger partial charge on any atom is 0.0544 e. The van der Waals surface area contributed by atoms with E-state index in [4.69, 9.17) is 0 Å². The fourth-order valence-electron chi connectivity index (χ4n) is 2.57. The molecule has 0 amide bonds. The predicted molar refractivity (Wildman–Crippen MR) is 83.1 cm³/mol. The van der Waals surface area contributed by atoms with Crippen LogP contribution in [0.15, 0.2) is 22.8 Å². The molecule has 2 heterocycles. The van der Waals surface area contributed by atoms with E-state index in [0.29, 0.717) is 6.04 Å². The number of halogens is 1. The lowest BCUT2D eigenvalue weighted by Gasteiger charge is -2.25. The predicted octanol–water partition coefficient (Wildman–Crippen LogP) is 3.20. The number of hydrogen-bond donors (Lipinski definition) is 1. The van der Waals surface area contributed by atoms with Gasteiger partial charge in [0.05, 0.1) is 5.69 Å². The van der Waals surface area contributed by atoms with Crippen LogP contribution in [0.5, 0.6) is 0 Å². The van der Waals surface area contributed by atoms with Crippen LogP contribution >= 0.6 is 15.9 Å². The molecule has 0 aromatic carbocycles. The molecular weight excluding hydrogens is 302 g/mol. The summed E-state index contributed by atoms with van der Waals surface area (Å²) in [5.74, 6) is 0. The molecule has 1 unspecified atom stereocenters. The van der Waals surface area contributed by atoms with Crippen molar-refractivity contribution in [3.8, 4) is 0 Å². The van der Waals surface area contributed by atoms with Crippen LogP contribution < -0.4 is 5.32 Å². The second kappa shape index (κ2) is 7.98. The molecule has 0 aliphatic carbocycles. The highest BCUT2D eigenvalue weighted by Crippen LogP contribution is 2.12. The Morgan fingerprint density at radius 1 is 1.47 bits per heavy atom. The van der Waals surface area contributed by atoms with Gasteiger partial charge in [0.2, 0.25) is 0 Å². The number of pyridine rings is 1. The quantitative estimate of drug-likeness (QED) is 0.834. The first-order chi connectivity index (χ1) is 9.28. The monoisotopic (exact) mass is 325 g/mol. The van der Waals surface area contributed by atoms with Crippen molar-refractivity contribution in [2.45, 2.75) is 45.2 Å². The Morgan fingerprint density at radius 3 is 3.00 bits per heavy atom. The number of aromatic nitrogens is 1. The minimum Gasteiger partial charge on any atom is -0.313 e. The van der Waals surface area contributed by atoms with Crippen LogP contribution in [0, 0.1) is 0 Å². The average molecular weight is 326 g/mol. The molecule has 4 heteroatoms. The van der Waals surface area contributed by atoms with Gasteiger partial charge in [0.25, 0.3) is 0 Å². The molecule has 1 aliphatic heterocycles. The summed E-state index contributed by atoms with van der Waals surface area (Å²) in [6.45, 7) is 6.72. The van der Waals surface area contributed by atoms with Crippen LogP contribution in [0.25, 0.3) is 0 Å². The Bertz CT molecular complexity index is 360. The third kappa shape index (κ3) is 5.21. The maximum absolute atomic E-state index is 4.49. The molecule has 1 aromatic heterocycles. The Morgan fingerprint density at radius 2 is 2.37 bits per heavy atom. The lowest BCUT2D eigenvalue weighted by Crippen LogP contribution is -2.37. The summed E-state index contributed by atoms with van der Waals surface area (Å²) in [6.07, 6.45) is 7.05. The van der Waals surface area contributed by atoms with E-state index < -0.39 is 0 Å². The average Bonchev–Trinajstić information content (AvgIpc) is 2.91. The molecule has 1 atom stereocenters. The summed E-state index contributed by atoms with van der Waals surface area (Å²) in [6, 6.07) is 4.87. The zero-order chi connectivity index (χ0) is 13.5. The molecular formula is C15H24BrN3. The van der Waals surface area contributed by atoms with E-state index in [1.54, 1.807) is 0 Å². The first kappa shape index (κ1) is 14.9. The molecule has 1 fully saturated rings. The third-order valence-electron chi connectivity index (χ3n) is 3.64. The van der Waals surface area contributed by atoms with E-state index in [2.05, 4.69) is 50.2 Å². The second-order valence-electron chi connectivity index (χ2n) is 5.35. The van der Waals surface area contributed by atoms with Crippen molar-refractivity contribution < 1.29 is 0 Å². The number of rotatable bonds is 7. The van der Waals surface area contributed by atoms with Crippen molar-refractivity contribution in [1.82, 2.24) is 15.2 Å². The Balaban J connectivity index is 1.89. The first-order valence-corrected chi connectivity index (χ1v) is 8.13. The van der Waals surface area contributed by atoms with Crippen molar-refractivity contribution in [2.75, 3.05) is 19.6 Å². The van der Waals surface area contributed by atoms with Gasteiger partial charge in [-0.25, -0.2) is 0 Å². The lowest BCUT2D eigenvalue weighted by atomic mass is 10.2. The van der Waals surface area contributed by atoms with Crippen molar-refractivity contribution in [3.05, 3.63) is 28.5 Å². The number of nitrogens with zero attached hydrogens (tertiary/aromatic N) is 2. The van der Waals surface area contributed by atoms with E-state index >= 15 is 0 Å². The fourth-order valence-corrected chi connectivity index (χ4v) is 2.80. The largest absolute Gasteiger partial charge is 0.313 e. The minimum absolute atomic E-state index is 0.673. The van der Waals surface area contributed by atoms with E-state index in [-0.39, 0.29) is 0 Å². The topological polar surface area (TPSA) is 28.2 Å². The van der Waals surface area contributed by atoms with Crippen LogP contribution in [-0.4, -0.2) is 35.6 Å². The molecule has 3 nitrogen and oxygen atoms in total. The van der Waals surface area contributed by atoms with E-state index in [1.165, 1.54) is 38.8 Å². The van der Waals surface area contributed by atoms with Gasteiger partial charge in [-0.1, -0.05) is 13.3 Å². The molecule has 0 saturated carbocycles. The summed E-state index contributed by atoms with van der Waals surface area (Å²) in [5, 5.41) is 3.59. The summed E-state index contributed by atoms with van der Waals surface area (Å²) in [7, 11) is 0. The SMILES string of the molecule is CCCCN(Cc1ccc(Br)cn1)CC1CCCN1. The molecule has 1 aliphatic rings. The lowest BCUT2D eigenvalue weighted by molar-refractivity contribution is 0.235. The van der Waals surface area contributed by atoms with Crippen LogP contribution in [-0.2, 0) is 6.54 Å². The fraction of sp³-hybridized carbons (Fsp3) is 0.667. The Kier molecular flexibility index (Phi) is 6.28. The summed E-state index contributed by atoms with van der Waals surface area (Å²) >= 11 is 3.44. The zero-order valence-electron chi connectivity index (χ0n) is 11.7. The molecule has 1 aromatic rings. The van der Waals surface area contributed by atoms with Gasteiger partial charge in [0.1, 0.15) is 0 Å². The van der Waals surface area contributed by atoms with Crippen molar-refractivity contribution in [1.29, 1.82) is 0 Å². The standard InChI is InChI=1S/C15H24BrN3/c1-2-3-9-19(11-14-5-4-8-17-14)12-15-7-6-13(16)10-18-15/h6-7,10,14,17H,2-5,8-9,11-12H2,1H3. The molecule has 1 saturated heterocycles. The van der Waals surface area contributed by atoms with Gasteiger partial charge in [0, 0.05) is 29.8 Å². The van der Waals surface area contributed by atoms with Crippen LogP contribution in [0.2, 0.25) is 0 Å². The Labute approximate surface area is 124 Å². The second-order valence-corrected chi connectivity index (χ2v) is 6.27. The van der Waals surface area contributed by atoms with Gasteiger partial charge in [-0.05, 0) is 60.4 Å². The number of unbranched alkanes of at least 4 members (excludes halogenated alkanes) is 1. The molecule has 0 spiro atoms. The molecule has 0 radical (unpaired) electrons. The molecule has 106 valence electrons. The highest BCUT2D eigenvalue weighted by molar-refractivity contribution is 9.10. The molecule has 19 heavy (non-hydrogen) atoms. The summed E-state index contributed by atoms with van der Waals surface area (Å²) < 4.78 is 1.05. The van der Waals surface area contributed by atoms with Crippen molar-refractivity contribution in [2.24, 2.45) is 0 Å².